The van der Waals surface area contributed by atoms with Gasteiger partial charge in [0.25, 0.3) is 0 Å². The average Bonchev–Trinajstić information content (AvgIpc) is 2.85. The molecule has 0 atom stereocenters. The van der Waals surface area contributed by atoms with E-state index in [4.69, 9.17) is 11.6 Å². The molecular weight excluding hydrogens is 420 g/mol. The van der Waals surface area contributed by atoms with E-state index in [-0.39, 0.29) is 17.7 Å². The predicted molar refractivity (Wildman–Crippen MR) is 128 cm³/mol. The molecule has 0 unspecified atom stereocenters. The lowest BCUT2D eigenvalue weighted by Crippen LogP contribution is -2.51. The summed E-state index contributed by atoms with van der Waals surface area (Å²) >= 11 is 5.93. The van der Waals surface area contributed by atoms with Crippen molar-refractivity contribution in [2.45, 2.75) is 18.8 Å². The molecule has 32 heavy (non-hydrogen) atoms. The van der Waals surface area contributed by atoms with Crippen molar-refractivity contribution < 1.29 is 9.59 Å². The first kappa shape index (κ1) is 22.1. The lowest BCUT2D eigenvalue weighted by Gasteiger charge is -2.36. The average molecular weight is 447 g/mol. The number of amides is 2. The monoisotopic (exact) mass is 446 g/mol. The van der Waals surface area contributed by atoms with Crippen molar-refractivity contribution in [1.29, 1.82) is 0 Å². The molecule has 4 rings (SSSR count). The number of piperazine rings is 1. The third-order valence-electron chi connectivity index (χ3n) is 6.00. The second-order valence-electron chi connectivity index (χ2n) is 8.09. The Labute approximate surface area is 194 Å². The predicted octanol–water partition coefficient (Wildman–Crippen LogP) is 4.78. The van der Waals surface area contributed by atoms with E-state index in [9.17, 15) is 9.59 Å². The first-order valence-corrected chi connectivity index (χ1v) is 11.4. The molecule has 1 aliphatic heterocycles. The van der Waals surface area contributed by atoms with Gasteiger partial charge in [-0.1, -0.05) is 84.4 Å². The zero-order chi connectivity index (χ0) is 22.3. The fourth-order valence-corrected chi connectivity index (χ4v) is 4.31. The lowest BCUT2D eigenvalue weighted by molar-refractivity contribution is -0.139. The number of carbonyl (C=O) groups is 2. The first-order valence-electron chi connectivity index (χ1n) is 11.0. The number of carbonyl (C=O) groups excluding carboxylic acids is 2. The normalized spacial score (nSPS) is 13.9. The number of benzene rings is 3. The van der Waals surface area contributed by atoms with Crippen LogP contribution in [0.15, 0.2) is 84.9 Å². The Morgan fingerprint density at radius 1 is 0.719 bits per heavy atom. The van der Waals surface area contributed by atoms with Crippen LogP contribution < -0.4 is 0 Å². The summed E-state index contributed by atoms with van der Waals surface area (Å²) in [6, 6.07) is 27.4. The van der Waals surface area contributed by atoms with Crippen LogP contribution in [-0.2, 0) is 16.0 Å². The molecule has 0 aliphatic carbocycles. The topological polar surface area (TPSA) is 40.6 Å². The second-order valence-corrected chi connectivity index (χ2v) is 8.52. The summed E-state index contributed by atoms with van der Waals surface area (Å²) in [4.78, 5) is 30.0. The van der Waals surface area contributed by atoms with Gasteiger partial charge < -0.3 is 9.80 Å². The molecule has 0 saturated carbocycles. The van der Waals surface area contributed by atoms with Crippen molar-refractivity contribution in [3.05, 3.63) is 107 Å². The zero-order valence-electron chi connectivity index (χ0n) is 18.0. The van der Waals surface area contributed by atoms with Crippen LogP contribution in [0.25, 0.3) is 0 Å². The van der Waals surface area contributed by atoms with Gasteiger partial charge in [0.05, 0.1) is 5.92 Å². The van der Waals surface area contributed by atoms with Crippen LogP contribution in [0, 0.1) is 0 Å². The Morgan fingerprint density at radius 2 is 1.22 bits per heavy atom. The molecule has 0 radical (unpaired) electrons. The number of hydrogen-bond acceptors (Lipinski definition) is 2. The minimum absolute atomic E-state index is 0.0932. The summed E-state index contributed by atoms with van der Waals surface area (Å²) in [6.07, 6.45) is 1.16. The van der Waals surface area contributed by atoms with E-state index < -0.39 is 0 Å². The molecule has 3 aromatic carbocycles. The Hall–Kier alpha value is -3.11. The summed E-state index contributed by atoms with van der Waals surface area (Å²) < 4.78 is 0. The minimum Gasteiger partial charge on any atom is -0.339 e. The van der Waals surface area contributed by atoms with Crippen LogP contribution in [-0.4, -0.2) is 47.8 Å². The standard InChI is InChI=1S/C27H27ClN2O2/c28-24-14-11-21(12-15-24)13-16-25(31)29-17-19-30(20-18-29)27(32)26(22-7-3-1-4-8-22)23-9-5-2-6-10-23/h1-12,14-15,26H,13,16-20H2. The highest BCUT2D eigenvalue weighted by molar-refractivity contribution is 6.30. The molecule has 1 saturated heterocycles. The van der Waals surface area contributed by atoms with Gasteiger partial charge >= 0.3 is 0 Å². The van der Waals surface area contributed by atoms with Crippen LogP contribution in [0.5, 0.6) is 0 Å². The molecule has 0 aromatic heterocycles. The van der Waals surface area contributed by atoms with E-state index in [1.165, 1.54) is 0 Å². The van der Waals surface area contributed by atoms with Gasteiger partial charge in [-0.15, -0.1) is 0 Å². The smallest absolute Gasteiger partial charge is 0.234 e. The molecule has 2 amide bonds. The summed E-state index contributed by atoms with van der Waals surface area (Å²) in [7, 11) is 0. The van der Waals surface area contributed by atoms with Crippen molar-refractivity contribution >= 4 is 23.4 Å². The van der Waals surface area contributed by atoms with Gasteiger partial charge in [0.2, 0.25) is 11.8 Å². The fraction of sp³-hybridized carbons (Fsp3) is 0.259. The molecule has 5 heteroatoms. The van der Waals surface area contributed by atoms with Gasteiger partial charge in [0.1, 0.15) is 0 Å². The van der Waals surface area contributed by atoms with Crippen LogP contribution >= 0.6 is 11.6 Å². The van der Waals surface area contributed by atoms with Crippen molar-refractivity contribution in [3.8, 4) is 0 Å². The maximum Gasteiger partial charge on any atom is 0.234 e. The van der Waals surface area contributed by atoms with Crippen LogP contribution in [0.3, 0.4) is 0 Å². The summed E-state index contributed by atoms with van der Waals surface area (Å²) in [5.41, 5.74) is 3.08. The van der Waals surface area contributed by atoms with Gasteiger partial charge in [0, 0.05) is 37.6 Å². The number of nitrogens with zero attached hydrogens (tertiary/aromatic N) is 2. The van der Waals surface area contributed by atoms with E-state index in [0.717, 1.165) is 16.7 Å². The second kappa shape index (κ2) is 10.5. The maximum atomic E-state index is 13.5. The summed E-state index contributed by atoms with van der Waals surface area (Å²) in [5, 5.41) is 0.699. The zero-order valence-corrected chi connectivity index (χ0v) is 18.7. The van der Waals surface area contributed by atoms with Crippen LogP contribution in [0.1, 0.15) is 29.0 Å². The van der Waals surface area contributed by atoms with E-state index in [1.54, 1.807) is 0 Å². The lowest BCUT2D eigenvalue weighted by atomic mass is 9.90. The molecule has 0 N–H and O–H groups in total. The molecular formula is C27H27ClN2O2. The molecule has 0 spiro atoms. The summed E-state index contributed by atoms with van der Waals surface area (Å²) in [6.45, 7) is 2.26. The third-order valence-corrected chi connectivity index (χ3v) is 6.25. The van der Waals surface area contributed by atoms with Crippen molar-refractivity contribution in [2.75, 3.05) is 26.2 Å². The third kappa shape index (κ3) is 5.38. The number of hydrogen-bond donors (Lipinski definition) is 0. The van der Waals surface area contributed by atoms with Crippen molar-refractivity contribution in [2.24, 2.45) is 0 Å². The molecule has 4 nitrogen and oxygen atoms in total. The van der Waals surface area contributed by atoms with Crippen molar-refractivity contribution in [1.82, 2.24) is 9.80 Å². The molecule has 3 aromatic rings. The van der Waals surface area contributed by atoms with Gasteiger partial charge in [0.15, 0.2) is 0 Å². The van der Waals surface area contributed by atoms with E-state index in [1.807, 2.05) is 94.7 Å². The van der Waals surface area contributed by atoms with Gasteiger partial charge in [-0.2, -0.15) is 0 Å². The highest BCUT2D eigenvalue weighted by Gasteiger charge is 2.30. The molecule has 0 bridgehead atoms. The number of halogens is 1. The molecule has 164 valence electrons. The molecule has 1 aliphatic rings. The van der Waals surface area contributed by atoms with Crippen LogP contribution in [0.4, 0.5) is 0 Å². The summed E-state index contributed by atoms with van der Waals surface area (Å²) in [5.74, 6) is -0.102. The van der Waals surface area contributed by atoms with E-state index >= 15 is 0 Å². The van der Waals surface area contributed by atoms with Gasteiger partial charge in [-0.25, -0.2) is 0 Å². The molecule has 1 heterocycles. The Bertz CT molecular complexity index is 991. The minimum atomic E-state index is -0.329. The fourth-order valence-electron chi connectivity index (χ4n) is 4.19. The maximum absolute atomic E-state index is 13.5. The highest BCUT2D eigenvalue weighted by Crippen LogP contribution is 2.27. The molecule has 1 fully saturated rings. The first-order chi connectivity index (χ1) is 15.6. The van der Waals surface area contributed by atoms with E-state index in [2.05, 4.69) is 0 Å². The quantitative estimate of drug-likeness (QED) is 0.547. The van der Waals surface area contributed by atoms with Crippen LogP contribution in [0.2, 0.25) is 5.02 Å². The SMILES string of the molecule is O=C(CCc1ccc(Cl)cc1)N1CCN(C(=O)C(c2ccccc2)c2ccccc2)CC1. The number of aryl methyl sites for hydroxylation is 1. The van der Waals surface area contributed by atoms with Gasteiger partial charge in [-0.3, -0.25) is 9.59 Å². The Balaban J connectivity index is 1.37. The van der Waals surface area contributed by atoms with Crippen molar-refractivity contribution in [3.63, 3.8) is 0 Å². The van der Waals surface area contributed by atoms with E-state index in [0.29, 0.717) is 44.0 Å². The van der Waals surface area contributed by atoms with Gasteiger partial charge in [-0.05, 0) is 35.2 Å². The largest absolute Gasteiger partial charge is 0.339 e. The highest BCUT2D eigenvalue weighted by atomic mass is 35.5. The Kier molecular flexibility index (Phi) is 7.23. The Morgan fingerprint density at radius 3 is 1.75 bits per heavy atom. The number of rotatable bonds is 6.